The summed E-state index contributed by atoms with van der Waals surface area (Å²) in [6, 6.07) is -1.26. The summed E-state index contributed by atoms with van der Waals surface area (Å²) in [4.78, 5) is 80.6. The van der Waals surface area contributed by atoms with Crippen LogP contribution in [0.15, 0.2) is 0 Å². The van der Waals surface area contributed by atoms with Gasteiger partial charge in [-0.15, -0.1) is 0 Å². The normalized spacial score (nSPS) is 12.1. The van der Waals surface area contributed by atoms with Gasteiger partial charge in [-0.2, -0.15) is 0 Å². The number of carbonyl (C=O) groups excluding carboxylic acids is 2. The molecule has 0 aromatic carbocycles. The molecule has 0 heterocycles. The van der Waals surface area contributed by atoms with E-state index in [1.807, 2.05) is 13.8 Å². The SMILES string of the molecule is CCCCNC(=O)C(C)(C)CCC(C)(C)C.O=C(O)CNC(=O)[C@H](CCCCN(CC(=O)O)CC(=O)O)N(CC(=O)O)CC(=O)O. The first-order valence-electron chi connectivity index (χ1n) is 15.2. The lowest BCUT2D eigenvalue weighted by Gasteiger charge is -2.28. The molecular formula is C30H54N4O12. The highest BCUT2D eigenvalue weighted by atomic mass is 16.4. The van der Waals surface area contributed by atoms with Crippen LogP contribution in [-0.4, -0.2) is 129 Å². The summed E-state index contributed by atoms with van der Waals surface area (Å²) < 4.78 is 0. The van der Waals surface area contributed by atoms with Crippen molar-refractivity contribution in [2.75, 3.05) is 45.8 Å². The summed E-state index contributed by atoms with van der Waals surface area (Å²) in [7, 11) is 0. The van der Waals surface area contributed by atoms with Crippen molar-refractivity contribution in [1.29, 1.82) is 0 Å². The van der Waals surface area contributed by atoms with Gasteiger partial charge in [0.05, 0.1) is 32.2 Å². The lowest BCUT2D eigenvalue weighted by Crippen LogP contribution is -2.51. The van der Waals surface area contributed by atoms with Gasteiger partial charge in [0.15, 0.2) is 0 Å². The molecular weight excluding hydrogens is 608 g/mol. The minimum Gasteiger partial charge on any atom is -0.480 e. The molecule has 0 aromatic rings. The van der Waals surface area contributed by atoms with E-state index in [0.29, 0.717) is 5.41 Å². The maximum absolute atomic E-state index is 12.3. The summed E-state index contributed by atoms with van der Waals surface area (Å²) in [5.41, 5.74) is 0.0714. The topological polar surface area (TPSA) is 251 Å². The Hall–Kier alpha value is -3.79. The Morgan fingerprint density at radius 2 is 1.15 bits per heavy atom. The van der Waals surface area contributed by atoms with Crippen LogP contribution < -0.4 is 10.6 Å². The van der Waals surface area contributed by atoms with Crippen LogP contribution in [0.25, 0.3) is 0 Å². The van der Waals surface area contributed by atoms with Crippen LogP contribution in [0.5, 0.6) is 0 Å². The van der Waals surface area contributed by atoms with Gasteiger partial charge in [-0.3, -0.25) is 43.4 Å². The number of amides is 2. The number of hydrogen-bond donors (Lipinski definition) is 7. The minimum absolute atomic E-state index is 0.0555. The molecule has 2 amide bonds. The van der Waals surface area contributed by atoms with Gasteiger partial charge >= 0.3 is 29.8 Å². The first-order chi connectivity index (χ1) is 21.1. The molecule has 1 atom stereocenters. The van der Waals surface area contributed by atoms with E-state index in [-0.39, 0.29) is 37.1 Å². The van der Waals surface area contributed by atoms with Crippen molar-refractivity contribution in [2.45, 2.75) is 92.5 Å². The Bertz CT molecular complexity index is 978. The highest BCUT2D eigenvalue weighted by Gasteiger charge is 2.30. The second-order valence-corrected chi connectivity index (χ2v) is 12.9. The van der Waals surface area contributed by atoms with Crippen molar-refractivity contribution in [1.82, 2.24) is 20.4 Å². The van der Waals surface area contributed by atoms with Gasteiger partial charge in [0.1, 0.15) is 6.54 Å². The lowest BCUT2D eigenvalue weighted by atomic mass is 9.79. The molecule has 0 saturated carbocycles. The van der Waals surface area contributed by atoms with Gasteiger partial charge in [-0.1, -0.05) is 54.4 Å². The molecule has 46 heavy (non-hydrogen) atoms. The maximum atomic E-state index is 12.3. The van der Waals surface area contributed by atoms with Gasteiger partial charge < -0.3 is 36.2 Å². The van der Waals surface area contributed by atoms with E-state index in [1.165, 1.54) is 0 Å². The molecule has 16 nitrogen and oxygen atoms in total. The molecule has 0 bridgehead atoms. The van der Waals surface area contributed by atoms with Crippen molar-refractivity contribution >= 4 is 41.7 Å². The van der Waals surface area contributed by atoms with E-state index in [9.17, 15) is 33.6 Å². The van der Waals surface area contributed by atoms with E-state index in [4.69, 9.17) is 25.5 Å². The molecule has 0 spiro atoms. The number of carboxylic acids is 5. The number of aliphatic carboxylic acids is 5. The molecule has 0 aliphatic heterocycles. The van der Waals surface area contributed by atoms with Crippen LogP contribution in [0.3, 0.4) is 0 Å². The number of nitrogens with one attached hydrogen (secondary N) is 2. The highest BCUT2D eigenvalue weighted by molar-refractivity contribution is 5.86. The van der Waals surface area contributed by atoms with Gasteiger partial charge in [0, 0.05) is 12.0 Å². The van der Waals surface area contributed by atoms with Gasteiger partial charge in [-0.05, 0) is 44.1 Å². The summed E-state index contributed by atoms with van der Waals surface area (Å²) >= 11 is 0. The van der Waals surface area contributed by atoms with Crippen molar-refractivity contribution in [3.05, 3.63) is 0 Å². The van der Waals surface area contributed by atoms with Crippen LogP contribution in [0.2, 0.25) is 0 Å². The third kappa shape index (κ3) is 24.5. The third-order valence-electron chi connectivity index (χ3n) is 6.68. The summed E-state index contributed by atoms with van der Waals surface area (Å²) in [5, 5.41) is 49.3. The van der Waals surface area contributed by atoms with Crippen molar-refractivity contribution in [3.8, 4) is 0 Å². The van der Waals surface area contributed by atoms with E-state index in [0.717, 1.165) is 42.0 Å². The number of hydrogen-bond acceptors (Lipinski definition) is 9. The summed E-state index contributed by atoms with van der Waals surface area (Å²) in [6.45, 7) is 10.4. The number of carboxylic acid groups (broad SMARTS) is 5. The molecule has 0 aromatic heterocycles. The van der Waals surface area contributed by atoms with E-state index in [1.54, 1.807) is 0 Å². The largest absolute Gasteiger partial charge is 0.480 e. The molecule has 266 valence electrons. The Labute approximate surface area is 270 Å². The smallest absolute Gasteiger partial charge is 0.322 e. The number of carbonyl (C=O) groups is 7. The van der Waals surface area contributed by atoms with Crippen LogP contribution in [0.4, 0.5) is 0 Å². The zero-order valence-electron chi connectivity index (χ0n) is 28.0. The fourth-order valence-electron chi connectivity index (χ4n) is 4.07. The van der Waals surface area contributed by atoms with Crippen molar-refractivity contribution in [2.24, 2.45) is 10.8 Å². The van der Waals surface area contributed by atoms with Crippen molar-refractivity contribution < 1.29 is 59.1 Å². The molecule has 0 aliphatic carbocycles. The van der Waals surface area contributed by atoms with Crippen molar-refractivity contribution in [3.63, 3.8) is 0 Å². The number of nitrogens with zero attached hydrogens (tertiary/aromatic N) is 2. The molecule has 0 saturated heterocycles. The first kappa shape index (κ1) is 44.3. The average molecular weight is 663 g/mol. The minimum atomic E-state index is -1.39. The molecule has 0 aliphatic rings. The molecule has 0 unspecified atom stereocenters. The summed E-state index contributed by atoms with van der Waals surface area (Å²) in [6.07, 6.45) is 4.60. The number of rotatable bonds is 23. The van der Waals surface area contributed by atoms with Gasteiger partial charge in [0.2, 0.25) is 11.8 Å². The molecule has 0 fully saturated rings. The van der Waals surface area contributed by atoms with E-state index < -0.39 is 74.5 Å². The predicted molar refractivity (Wildman–Crippen MR) is 167 cm³/mol. The third-order valence-corrected chi connectivity index (χ3v) is 6.68. The van der Waals surface area contributed by atoms with Crippen LogP contribution in [0.1, 0.15) is 86.5 Å². The van der Waals surface area contributed by atoms with Gasteiger partial charge in [-0.25, -0.2) is 0 Å². The first-order valence-corrected chi connectivity index (χ1v) is 15.2. The predicted octanol–water partition coefficient (Wildman–Crippen LogP) is 1.42. The van der Waals surface area contributed by atoms with Crippen LogP contribution in [-0.2, 0) is 33.6 Å². The van der Waals surface area contributed by atoms with Crippen LogP contribution >= 0.6 is 0 Å². The quantitative estimate of drug-likeness (QED) is 0.0765. The Morgan fingerprint density at radius 1 is 0.652 bits per heavy atom. The highest BCUT2D eigenvalue weighted by Crippen LogP contribution is 2.30. The monoisotopic (exact) mass is 662 g/mol. The Morgan fingerprint density at radius 3 is 1.57 bits per heavy atom. The van der Waals surface area contributed by atoms with Gasteiger partial charge in [0.25, 0.3) is 0 Å². The Balaban J connectivity index is 0. The fraction of sp³-hybridized carbons (Fsp3) is 0.767. The lowest BCUT2D eigenvalue weighted by molar-refractivity contribution is -0.146. The average Bonchev–Trinajstić information content (AvgIpc) is 2.89. The summed E-state index contributed by atoms with van der Waals surface area (Å²) in [5.74, 6) is -7.24. The second-order valence-electron chi connectivity index (χ2n) is 12.9. The Kier molecular flexibility index (Phi) is 21.9. The standard InChI is InChI=1S/C16H25N3O11.C14H29NO/c20-11(21)5-17-16(30)10(19(8-14(26)27)9-15(28)29)3-1-2-4-18(6-12(22)23)7-13(24)25;1-7-8-11-15-12(16)14(5,6)10-9-13(2,3)4/h10H,1-9H2,(H,17,30)(H,20,21)(H,22,23)(H,24,25)(H,26,27)(H,28,29);7-11H2,1-6H3,(H,15,16)/t10-;/m0./s1. The zero-order chi connectivity index (χ0) is 36.1. The van der Waals surface area contributed by atoms with E-state index >= 15 is 0 Å². The van der Waals surface area contributed by atoms with Crippen LogP contribution in [0, 0.1) is 10.8 Å². The molecule has 16 heteroatoms. The molecule has 0 rings (SSSR count). The molecule has 7 N–H and O–H groups in total. The van der Waals surface area contributed by atoms with E-state index in [2.05, 4.69) is 38.3 Å². The second kappa shape index (κ2) is 22.7. The zero-order valence-corrected chi connectivity index (χ0v) is 28.0. The maximum Gasteiger partial charge on any atom is 0.322 e. The fourth-order valence-corrected chi connectivity index (χ4v) is 4.07. The number of unbranched alkanes of at least 4 members (excludes halogenated alkanes) is 2. The molecule has 0 radical (unpaired) electrons.